The van der Waals surface area contributed by atoms with Gasteiger partial charge in [-0.25, -0.2) is 19.3 Å². The van der Waals surface area contributed by atoms with Gasteiger partial charge in [-0.15, -0.1) is 5.10 Å². The first kappa shape index (κ1) is 39.6. The Morgan fingerprint density at radius 2 is 1.32 bits per heavy atom. The van der Waals surface area contributed by atoms with Crippen LogP contribution in [0.15, 0.2) is 153 Å². The van der Waals surface area contributed by atoms with E-state index < -0.39 is 22.9 Å². The highest BCUT2D eigenvalue weighted by Crippen LogP contribution is 2.43. The lowest BCUT2D eigenvalue weighted by atomic mass is 9.77. The van der Waals surface area contributed by atoms with Crippen LogP contribution in [-0.2, 0) is 40.4 Å². The number of nitrogens with zero attached hydrogens (tertiary/aromatic N) is 6. The van der Waals surface area contributed by atoms with Gasteiger partial charge in [-0.2, -0.15) is 0 Å². The number of ether oxygens (including phenoxy) is 2. The smallest absolute Gasteiger partial charge is 0.453 e. The number of aromatic nitrogens is 6. The molecule has 5 aromatic carbocycles. The summed E-state index contributed by atoms with van der Waals surface area (Å²) < 4.78 is 24.6. The summed E-state index contributed by atoms with van der Waals surface area (Å²) in [5, 5.41) is 24.9. The molecule has 0 aliphatic rings. The zero-order valence-corrected chi connectivity index (χ0v) is 33.5. The van der Waals surface area contributed by atoms with Gasteiger partial charge in [0.15, 0.2) is 29.6 Å². The molecular formula is C47H42N6O7. The highest BCUT2D eigenvalue weighted by molar-refractivity contribution is 5.89. The summed E-state index contributed by atoms with van der Waals surface area (Å²) in [6.45, 7) is 4.52. The predicted molar refractivity (Wildman–Crippen MR) is 222 cm³/mol. The topological polar surface area (TPSA) is 161 Å². The Kier molecular flexibility index (Phi) is 10.9. The zero-order valence-electron chi connectivity index (χ0n) is 33.5. The van der Waals surface area contributed by atoms with Crippen molar-refractivity contribution in [2.24, 2.45) is 0 Å². The van der Waals surface area contributed by atoms with Crippen LogP contribution in [-0.4, -0.2) is 47.9 Å². The molecule has 0 atom stereocenters. The number of carbonyl (C=O) groups is 1. The van der Waals surface area contributed by atoms with Gasteiger partial charge in [-0.05, 0) is 64.6 Å². The zero-order chi connectivity index (χ0) is 41.9. The Morgan fingerprint density at radius 3 is 1.85 bits per heavy atom. The molecule has 1 N–H and O–H groups in total. The van der Waals surface area contributed by atoms with Gasteiger partial charge in [0, 0.05) is 19.2 Å². The number of aliphatic hydroxyl groups is 1. The van der Waals surface area contributed by atoms with E-state index in [0.717, 1.165) is 38.9 Å². The van der Waals surface area contributed by atoms with Gasteiger partial charge in [0.05, 0.1) is 0 Å². The summed E-state index contributed by atoms with van der Waals surface area (Å²) in [5.41, 5.74) is 4.15. The molecule has 0 unspecified atom stereocenters. The van der Waals surface area contributed by atoms with E-state index in [0.29, 0.717) is 11.6 Å². The van der Waals surface area contributed by atoms with Crippen LogP contribution in [0.2, 0.25) is 0 Å². The maximum Gasteiger partial charge on any atom is 0.519 e. The van der Waals surface area contributed by atoms with Gasteiger partial charge in [0.25, 0.3) is 0 Å². The van der Waals surface area contributed by atoms with E-state index in [1.807, 2.05) is 108 Å². The average Bonchev–Trinajstić information content (AvgIpc) is 3.99. The molecule has 3 heterocycles. The van der Waals surface area contributed by atoms with Crippen molar-refractivity contribution in [1.82, 2.24) is 29.8 Å². The van der Waals surface area contributed by atoms with Crippen LogP contribution in [0.5, 0.6) is 0 Å². The highest BCUT2D eigenvalue weighted by atomic mass is 16.6. The molecule has 60 heavy (non-hydrogen) atoms. The Hall–Kier alpha value is -7.22. The van der Waals surface area contributed by atoms with Gasteiger partial charge < -0.3 is 28.0 Å². The van der Waals surface area contributed by atoms with Crippen molar-refractivity contribution in [3.8, 4) is 22.5 Å². The van der Waals surface area contributed by atoms with Crippen LogP contribution in [0.25, 0.3) is 22.5 Å². The van der Waals surface area contributed by atoms with Crippen molar-refractivity contribution in [2.75, 3.05) is 7.11 Å². The van der Waals surface area contributed by atoms with Crippen LogP contribution >= 0.6 is 0 Å². The molecule has 0 saturated carbocycles. The third-order valence-corrected chi connectivity index (χ3v) is 10.4. The summed E-state index contributed by atoms with van der Waals surface area (Å²) in [7, 11) is 1.52. The number of carbonyl (C=O) groups excluding carboxylic acids is 1. The molecule has 13 heteroatoms. The van der Waals surface area contributed by atoms with Crippen molar-refractivity contribution in [3.63, 3.8) is 0 Å². The van der Waals surface area contributed by atoms with Crippen LogP contribution in [0.1, 0.15) is 69.6 Å². The van der Waals surface area contributed by atoms with Crippen LogP contribution in [0, 0.1) is 6.92 Å². The molecule has 0 bridgehead atoms. The first-order valence-corrected chi connectivity index (χ1v) is 19.3. The van der Waals surface area contributed by atoms with E-state index in [4.69, 9.17) is 28.6 Å². The summed E-state index contributed by atoms with van der Waals surface area (Å²) in [4.78, 5) is 30.0. The quantitative estimate of drug-likeness (QED) is 0.0849. The largest absolute Gasteiger partial charge is 0.519 e. The fourth-order valence-corrected chi connectivity index (χ4v) is 7.64. The van der Waals surface area contributed by atoms with E-state index in [-0.39, 0.29) is 42.7 Å². The Morgan fingerprint density at radius 1 is 0.750 bits per heavy atom. The number of imidazole rings is 1. The van der Waals surface area contributed by atoms with E-state index in [1.54, 1.807) is 18.4 Å². The Bertz CT molecular complexity index is 2690. The SMILES string of the molecule is COCc1nc(C(C)(C)O)c(C(=O)OCc2oc(=O)oc2C)n1Cc1ccc(-c2ccccc2-c2nnnn2C(c2ccccc2)(c2ccccc2)c2ccccc2)cc1. The number of aryl methyl sites for hydroxylation is 1. The summed E-state index contributed by atoms with van der Waals surface area (Å²) >= 11 is 0. The number of hydrogen-bond donors (Lipinski definition) is 1. The lowest BCUT2D eigenvalue weighted by Crippen LogP contribution is -2.39. The number of methoxy groups -OCH3 is 1. The number of benzene rings is 5. The number of rotatable bonds is 14. The fourth-order valence-electron chi connectivity index (χ4n) is 7.64. The van der Waals surface area contributed by atoms with Crippen LogP contribution in [0.4, 0.5) is 0 Å². The molecule has 0 aliphatic carbocycles. The third-order valence-electron chi connectivity index (χ3n) is 10.4. The Labute approximate surface area is 345 Å². The number of hydrogen-bond acceptors (Lipinski definition) is 11. The van der Waals surface area contributed by atoms with E-state index in [2.05, 4.69) is 46.6 Å². The van der Waals surface area contributed by atoms with Crippen LogP contribution in [0.3, 0.4) is 0 Å². The number of esters is 1. The lowest BCUT2D eigenvalue weighted by Gasteiger charge is -2.36. The van der Waals surface area contributed by atoms with Gasteiger partial charge in [-0.3, -0.25) is 0 Å². The van der Waals surface area contributed by atoms with Crippen molar-refractivity contribution < 1.29 is 28.2 Å². The molecule has 8 rings (SSSR count). The molecule has 3 aromatic heterocycles. The third kappa shape index (κ3) is 7.47. The molecule has 0 amide bonds. The molecule has 0 spiro atoms. The van der Waals surface area contributed by atoms with E-state index in [1.165, 1.54) is 14.0 Å². The van der Waals surface area contributed by atoms with Gasteiger partial charge in [0.1, 0.15) is 29.3 Å². The lowest BCUT2D eigenvalue weighted by molar-refractivity contribution is 0.0395. The first-order valence-electron chi connectivity index (χ1n) is 19.3. The second kappa shape index (κ2) is 16.6. The minimum Gasteiger partial charge on any atom is -0.453 e. The molecule has 0 aliphatic heterocycles. The maximum atomic E-state index is 13.8. The van der Waals surface area contributed by atoms with E-state index >= 15 is 0 Å². The standard InChI is InChI=1S/C47H42N6O7/c1-31-39(60-45(55)59-31)29-58-44(54)41-42(46(2,3)56)48-40(30-57-4)52(41)28-32-24-26-33(27-25-32)37-22-14-15-23-38(37)43-49-50-51-53(43)47(34-16-8-5-9-17-34,35-18-10-6-11-19-35)36-20-12-7-13-21-36/h5-27,56H,28-30H2,1-4H3. The van der Waals surface area contributed by atoms with E-state index in [9.17, 15) is 14.7 Å². The molecule has 13 nitrogen and oxygen atoms in total. The van der Waals surface area contributed by atoms with Crippen molar-refractivity contribution in [3.05, 3.63) is 201 Å². The Balaban J connectivity index is 1.19. The summed E-state index contributed by atoms with van der Waals surface area (Å²) in [6, 6.07) is 46.7. The molecule has 8 aromatic rings. The molecular weight excluding hydrogens is 761 g/mol. The highest BCUT2D eigenvalue weighted by Gasteiger charge is 2.42. The molecule has 0 saturated heterocycles. The monoisotopic (exact) mass is 802 g/mol. The molecule has 302 valence electrons. The predicted octanol–water partition coefficient (Wildman–Crippen LogP) is 7.68. The fraction of sp³-hybridized carbons (Fsp3) is 0.191. The number of tetrazole rings is 1. The second-order valence-corrected chi connectivity index (χ2v) is 14.8. The first-order chi connectivity index (χ1) is 29.1. The second-order valence-electron chi connectivity index (χ2n) is 14.8. The van der Waals surface area contributed by atoms with Crippen molar-refractivity contribution in [2.45, 2.75) is 51.7 Å². The summed E-state index contributed by atoms with van der Waals surface area (Å²) in [6.07, 6.45) is 0. The summed E-state index contributed by atoms with van der Waals surface area (Å²) in [5.74, 6) is -0.408. The average molecular weight is 803 g/mol. The van der Waals surface area contributed by atoms with Gasteiger partial charge >= 0.3 is 11.8 Å². The molecule has 0 radical (unpaired) electrons. The van der Waals surface area contributed by atoms with Crippen molar-refractivity contribution >= 4 is 5.97 Å². The van der Waals surface area contributed by atoms with Gasteiger partial charge in [-0.1, -0.05) is 140 Å². The maximum absolute atomic E-state index is 13.8. The molecule has 0 fully saturated rings. The van der Waals surface area contributed by atoms with Crippen LogP contribution < -0.4 is 5.82 Å². The normalized spacial score (nSPS) is 11.8. The minimum absolute atomic E-state index is 0.0398. The minimum atomic E-state index is -1.51. The van der Waals surface area contributed by atoms with Gasteiger partial charge in [0.2, 0.25) is 0 Å². The van der Waals surface area contributed by atoms with Crippen molar-refractivity contribution in [1.29, 1.82) is 0 Å².